The first-order chi connectivity index (χ1) is 15.0. The molecule has 1 N–H and O–H groups in total. The molecule has 0 unspecified atom stereocenters. The van der Waals surface area contributed by atoms with E-state index in [2.05, 4.69) is 5.32 Å². The molecule has 3 rings (SSSR count). The fourth-order valence-corrected chi connectivity index (χ4v) is 3.55. The Kier molecular flexibility index (Phi) is 7.65. The molecule has 0 saturated carbocycles. The fourth-order valence-electron chi connectivity index (χ4n) is 3.55. The number of carbonyl (C=O) groups is 3. The third-order valence-electron chi connectivity index (χ3n) is 5.19. The molecule has 0 aliphatic carbocycles. The van der Waals surface area contributed by atoms with Crippen LogP contribution in [-0.4, -0.2) is 42.9 Å². The molecule has 1 aliphatic rings. The van der Waals surface area contributed by atoms with E-state index in [1.54, 1.807) is 36.4 Å². The molecule has 1 fully saturated rings. The van der Waals surface area contributed by atoms with E-state index in [9.17, 15) is 14.4 Å². The molecule has 1 heterocycles. The molecule has 7 nitrogen and oxygen atoms in total. The Morgan fingerprint density at radius 2 is 1.87 bits per heavy atom. The van der Waals surface area contributed by atoms with E-state index in [1.807, 2.05) is 19.1 Å². The van der Waals surface area contributed by atoms with Crippen molar-refractivity contribution in [2.45, 2.75) is 38.7 Å². The number of amides is 2. The van der Waals surface area contributed by atoms with Crippen molar-refractivity contribution in [3.05, 3.63) is 59.7 Å². The van der Waals surface area contributed by atoms with Crippen molar-refractivity contribution < 1.29 is 23.9 Å². The van der Waals surface area contributed by atoms with Crippen LogP contribution in [0.3, 0.4) is 0 Å². The van der Waals surface area contributed by atoms with Gasteiger partial charge in [-0.2, -0.15) is 0 Å². The third-order valence-corrected chi connectivity index (χ3v) is 5.19. The van der Waals surface area contributed by atoms with Gasteiger partial charge in [0.2, 0.25) is 12.0 Å². The molecule has 0 aromatic heterocycles. The minimum atomic E-state index is -1.15. The first-order valence-corrected chi connectivity index (χ1v) is 10.5. The van der Waals surface area contributed by atoms with Crippen molar-refractivity contribution in [3.63, 3.8) is 0 Å². The molecule has 1 aliphatic heterocycles. The summed E-state index contributed by atoms with van der Waals surface area (Å²) >= 11 is 0. The van der Waals surface area contributed by atoms with Gasteiger partial charge in [0.05, 0.1) is 12.8 Å². The molecule has 1 saturated heterocycles. The summed E-state index contributed by atoms with van der Waals surface area (Å²) < 4.78 is 10.9. The summed E-state index contributed by atoms with van der Waals surface area (Å²) in [6.45, 7) is 2.27. The van der Waals surface area contributed by atoms with Crippen molar-refractivity contribution in [3.8, 4) is 5.75 Å². The van der Waals surface area contributed by atoms with Gasteiger partial charge in [-0.3, -0.25) is 14.4 Å². The average molecular weight is 424 g/mol. The average Bonchev–Trinajstić information content (AvgIpc) is 2.97. The Morgan fingerprint density at radius 1 is 1.10 bits per heavy atom. The van der Waals surface area contributed by atoms with Gasteiger partial charge in [-0.25, -0.2) is 0 Å². The summed E-state index contributed by atoms with van der Waals surface area (Å²) in [7, 11) is 1.52. The topological polar surface area (TPSA) is 84.9 Å². The van der Waals surface area contributed by atoms with Gasteiger partial charge < -0.3 is 19.7 Å². The summed E-state index contributed by atoms with van der Waals surface area (Å²) in [6, 6.07) is 14.2. The van der Waals surface area contributed by atoms with Gasteiger partial charge in [0.15, 0.2) is 0 Å². The predicted molar refractivity (Wildman–Crippen MR) is 117 cm³/mol. The van der Waals surface area contributed by atoms with Crippen LogP contribution in [-0.2, 0) is 19.1 Å². The molecule has 164 valence electrons. The quantitative estimate of drug-likeness (QED) is 0.686. The van der Waals surface area contributed by atoms with Crippen LogP contribution in [0.25, 0.3) is 0 Å². The number of nitrogens with one attached hydrogen (secondary N) is 1. The lowest BCUT2D eigenvalue weighted by molar-refractivity contribution is -0.157. The summed E-state index contributed by atoms with van der Waals surface area (Å²) in [5.41, 5.74) is 1.98. The van der Waals surface area contributed by atoms with Crippen molar-refractivity contribution >= 4 is 23.5 Å². The molecule has 31 heavy (non-hydrogen) atoms. The highest BCUT2D eigenvalue weighted by molar-refractivity contribution is 5.97. The molecular weight excluding hydrogens is 396 g/mol. The van der Waals surface area contributed by atoms with Crippen molar-refractivity contribution in [2.75, 3.05) is 25.5 Å². The highest BCUT2D eigenvalue weighted by Gasteiger charge is 2.28. The molecule has 2 amide bonds. The number of methoxy groups -OCH3 is 1. The zero-order valence-electron chi connectivity index (χ0n) is 17.9. The van der Waals surface area contributed by atoms with Crippen LogP contribution in [0.2, 0.25) is 0 Å². The van der Waals surface area contributed by atoms with E-state index in [1.165, 1.54) is 12.0 Å². The summed E-state index contributed by atoms with van der Waals surface area (Å²) in [5, 5.41) is 2.81. The second-order valence-electron chi connectivity index (χ2n) is 7.60. The number of aryl methyl sites for hydroxylation is 1. The SMILES string of the molecule is COc1ccc(C)cc1NC(=O)[C@H](OC(=O)CN1CCCCCC1=O)c1ccccc1. The van der Waals surface area contributed by atoms with E-state index in [4.69, 9.17) is 9.47 Å². The van der Waals surface area contributed by atoms with Gasteiger partial charge in [0.1, 0.15) is 12.3 Å². The summed E-state index contributed by atoms with van der Waals surface area (Å²) in [4.78, 5) is 39.5. The van der Waals surface area contributed by atoms with Crippen molar-refractivity contribution in [1.29, 1.82) is 0 Å². The molecule has 2 aromatic carbocycles. The molecule has 0 spiro atoms. The van der Waals surface area contributed by atoms with Gasteiger partial charge in [0.25, 0.3) is 5.91 Å². The number of esters is 1. The first-order valence-electron chi connectivity index (χ1n) is 10.5. The predicted octanol–water partition coefficient (Wildman–Crippen LogP) is 3.63. The van der Waals surface area contributed by atoms with Crippen LogP contribution >= 0.6 is 0 Å². The largest absolute Gasteiger partial charge is 0.495 e. The van der Waals surface area contributed by atoms with Gasteiger partial charge in [-0.1, -0.05) is 42.8 Å². The van der Waals surface area contributed by atoms with Crippen LogP contribution < -0.4 is 10.1 Å². The van der Waals surface area contributed by atoms with E-state index in [-0.39, 0.29) is 12.5 Å². The number of nitrogens with zero attached hydrogens (tertiary/aromatic N) is 1. The Morgan fingerprint density at radius 3 is 2.61 bits per heavy atom. The Hall–Kier alpha value is -3.35. The Balaban J connectivity index is 1.77. The first kappa shape index (κ1) is 22.3. The number of carbonyl (C=O) groups excluding carboxylic acids is 3. The fraction of sp³-hybridized carbons (Fsp3) is 0.375. The molecule has 1 atom stereocenters. The van der Waals surface area contributed by atoms with Crippen LogP contribution in [0.4, 0.5) is 5.69 Å². The van der Waals surface area contributed by atoms with Crippen molar-refractivity contribution in [1.82, 2.24) is 4.90 Å². The zero-order valence-corrected chi connectivity index (χ0v) is 17.9. The number of hydrogen-bond acceptors (Lipinski definition) is 5. The van der Waals surface area contributed by atoms with Gasteiger partial charge in [-0.15, -0.1) is 0 Å². The lowest BCUT2D eigenvalue weighted by Crippen LogP contribution is -2.37. The van der Waals surface area contributed by atoms with Gasteiger partial charge in [-0.05, 0) is 37.5 Å². The lowest BCUT2D eigenvalue weighted by Gasteiger charge is -2.23. The Bertz CT molecular complexity index is 929. The number of anilines is 1. The smallest absolute Gasteiger partial charge is 0.326 e. The second-order valence-corrected chi connectivity index (χ2v) is 7.60. The maximum absolute atomic E-state index is 13.1. The number of ether oxygens (including phenoxy) is 2. The molecular formula is C24H28N2O5. The molecule has 0 bridgehead atoms. The van der Waals surface area contributed by atoms with Crippen molar-refractivity contribution in [2.24, 2.45) is 0 Å². The van der Waals surface area contributed by atoms with E-state index in [0.717, 1.165) is 24.8 Å². The van der Waals surface area contributed by atoms with Gasteiger partial charge in [0, 0.05) is 18.5 Å². The number of hydrogen-bond donors (Lipinski definition) is 1. The minimum Gasteiger partial charge on any atom is -0.495 e. The molecule has 7 heteroatoms. The third kappa shape index (κ3) is 6.07. The van der Waals surface area contributed by atoms with Crippen LogP contribution in [0, 0.1) is 6.92 Å². The van der Waals surface area contributed by atoms with E-state index >= 15 is 0 Å². The molecule has 2 aromatic rings. The maximum Gasteiger partial charge on any atom is 0.326 e. The molecule has 0 radical (unpaired) electrons. The van der Waals surface area contributed by atoms with Crippen LogP contribution in [0.5, 0.6) is 5.75 Å². The monoisotopic (exact) mass is 424 g/mol. The second kappa shape index (κ2) is 10.6. The Labute approximate surface area is 182 Å². The lowest BCUT2D eigenvalue weighted by atomic mass is 10.1. The van der Waals surface area contributed by atoms with E-state index in [0.29, 0.717) is 30.0 Å². The van der Waals surface area contributed by atoms with Crippen LogP contribution in [0.1, 0.15) is 42.9 Å². The van der Waals surface area contributed by atoms with Crippen LogP contribution in [0.15, 0.2) is 48.5 Å². The highest BCUT2D eigenvalue weighted by atomic mass is 16.5. The normalized spacial score (nSPS) is 15.0. The summed E-state index contributed by atoms with van der Waals surface area (Å²) in [6.07, 6.45) is 1.93. The van der Waals surface area contributed by atoms with E-state index < -0.39 is 18.0 Å². The number of benzene rings is 2. The maximum atomic E-state index is 13.1. The van der Waals surface area contributed by atoms with Gasteiger partial charge >= 0.3 is 5.97 Å². The number of rotatable bonds is 7. The zero-order chi connectivity index (χ0) is 22.2. The highest BCUT2D eigenvalue weighted by Crippen LogP contribution is 2.28. The minimum absolute atomic E-state index is 0.0559. The number of likely N-dealkylation sites (tertiary alicyclic amines) is 1. The standard InChI is InChI=1S/C24H28N2O5/c1-17-12-13-20(30-2)19(15-17)25-24(29)23(18-9-5-3-6-10-18)31-22(28)16-26-14-8-4-7-11-21(26)27/h3,5-6,9-10,12-13,15,23H,4,7-8,11,14,16H2,1-2H3,(H,25,29)/t23-/m1/s1. The summed E-state index contributed by atoms with van der Waals surface area (Å²) in [5.74, 6) is -0.659.